The van der Waals surface area contributed by atoms with E-state index < -0.39 is 0 Å². The summed E-state index contributed by atoms with van der Waals surface area (Å²) < 4.78 is 15.5. The lowest BCUT2D eigenvalue weighted by atomic mass is 10.2. The molecule has 0 unspecified atom stereocenters. The fourth-order valence-electron chi connectivity index (χ4n) is 3.02. The summed E-state index contributed by atoms with van der Waals surface area (Å²) in [6, 6.07) is 10.5. The van der Waals surface area contributed by atoms with Crippen LogP contribution in [0.15, 0.2) is 48.0 Å². The van der Waals surface area contributed by atoms with Crippen LogP contribution >= 0.6 is 22.7 Å². The van der Waals surface area contributed by atoms with Crippen LogP contribution in [0, 0.1) is 19.7 Å². The third kappa shape index (κ3) is 4.13. The molecule has 0 radical (unpaired) electrons. The highest BCUT2D eigenvalue weighted by atomic mass is 32.1. The lowest BCUT2D eigenvalue weighted by Gasteiger charge is -2.07. The number of carbonyl (C=O) groups excluding carboxylic acids is 1. The molecule has 0 saturated heterocycles. The van der Waals surface area contributed by atoms with Crippen LogP contribution in [-0.2, 0) is 6.42 Å². The van der Waals surface area contributed by atoms with Gasteiger partial charge in [0.25, 0.3) is 5.91 Å². The van der Waals surface area contributed by atoms with Gasteiger partial charge in [-0.15, -0.1) is 22.7 Å². The molecule has 1 amide bonds. The molecule has 3 heterocycles. The first kappa shape index (κ1) is 19.5. The molecule has 0 fully saturated rings. The molecular formula is C21H19FN4OS2. The Morgan fingerprint density at radius 1 is 1.21 bits per heavy atom. The normalized spacial score (nSPS) is 11.0. The van der Waals surface area contributed by atoms with Crippen LogP contribution < -0.4 is 5.32 Å². The van der Waals surface area contributed by atoms with E-state index in [0.717, 1.165) is 22.0 Å². The van der Waals surface area contributed by atoms with Crippen LogP contribution in [0.3, 0.4) is 0 Å². The van der Waals surface area contributed by atoms with Crippen molar-refractivity contribution < 1.29 is 9.18 Å². The molecule has 0 atom stereocenters. The van der Waals surface area contributed by atoms with Gasteiger partial charge in [0.1, 0.15) is 11.5 Å². The maximum Gasteiger partial charge on any atom is 0.254 e. The topological polar surface area (TPSA) is 59.8 Å². The van der Waals surface area contributed by atoms with E-state index in [4.69, 9.17) is 0 Å². The van der Waals surface area contributed by atoms with E-state index in [-0.39, 0.29) is 11.7 Å². The van der Waals surface area contributed by atoms with Gasteiger partial charge in [0, 0.05) is 16.8 Å². The van der Waals surface area contributed by atoms with Crippen molar-refractivity contribution in [2.24, 2.45) is 0 Å². The Morgan fingerprint density at radius 3 is 2.79 bits per heavy atom. The van der Waals surface area contributed by atoms with E-state index >= 15 is 0 Å². The minimum atomic E-state index is -0.380. The van der Waals surface area contributed by atoms with Crippen molar-refractivity contribution >= 4 is 28.6 Å². The summed E-state index contributed by atoms with van der Waals surface area (Å²) in [4.78, 5) is 19.4. The Labute approximate surface area is 175 Å². The number of hydrogen-bond acceptors (Lipinski definition) is 5. The zero-order chi connectivity index (χ0) is 20.4. The van der Waals surface area contributed by atoms with Crippen molar-refractivity contribution in [3.8, 4) is 16.3 Å². The van der Waals surface area contributed by atoms with Gasteiger partial charge in [-0.2, -0.15) is 5.10 Å². The summed E-state index contributed by atoms with van der Waals surface area (Å²) in [7, 11) is 0. The van der Waals surface area contributed by atoms with E-state index in [1.807, 2.05) is 6.92 Å². The van der Waals surface area contributed by atoms with E-state index in [1.165, 1.54) is 21.8 Å². The molecule has 1 aromatic carbocycles. The number of aryl methyl sites for hydroxylation is 1. The standard InChI is InChI=1S/C21H19FN4OS2/c1-13-16(11-24-26(13)19-6-4-3-5-17(19)22)21(27)23-10-9-15-7-8-20(29-15)18-12-28-14(2)25-18/h3-8,11-12H,9-10H2,1-2H3,(H,23,27). The highest BCUT2D eigenvalue weighted by Crippen LogP contribution is 2.29. The predicted octanol–water partition coefficient (Wildman–Crippen LogP) is 4.79. The van der Waals surface area contributed by atoms with Gasteiger partial charge in [-0.25, -0.2) is 14.1 Å². The summed E-state index contributed by atoms with van der Waals surface area (Å²) in [5, 5.41) is 10.2. The van der Waals surface area contributed by atoms with Gasteiger partial charge in [-0.1, -0.05) is 12.1 Å². The summed E-state index contributed by atoms with van der Waals surface area (Å²) in [5.74, 6) is -0.591. The van der Waals surface area contributed by atoms with Crippen LogP contribution in [-0.4, -0.2) is 27.2 Å². The van der Waals surface area contributed by atoms with Crippen LogP contribution in [0.1, 0.15) is 25.9 Å². The number of aromatic nitrogens is 3. The monoisotopic (exact) mass is 426 g/mol. The number of benzene rings is 1. The smallest absolute Gasteiger partial charge is 0.254 e. The number of thiazole rings is 1. The summed E-state index contributed by atoms with van der Waals surface area (Å²) in [6.45, 7) is 4.27. The minimum absolute atomic E-state index is 0.211. The molecule has 5 nitrogen and oxygen atoms in total. The maximum absolute atomic E-state index is 14.0. The number of halogens is 1. The second-order valence-electron chi connectivity index (χ2n) is 6.53. The first-order valence-electron chi connectivity index (χ1n) is 9.12. The van der Waals surface area contributed by atoms with E-state index in [0.29, 0.717) is 23.5 Å². The molecule has 0 aliphatic heterocycles. The number of amides is 1. The Balaban J connectivity index is 1.38. The third-order valence-electron chi connectivity index (χ3n) is 4.53. The highest BCUT2D eigenvalue weighted by Gasteiger charge is 2.16. The van der Waals surface area contributed by atoms with Crippen molar-refractivity contribution in [2.75, 3.05) is 6.54 Å². The lowest BCUT2D eigenvalue weighted by molar-refractivity contribution is 0.0953. The molecule has 0 bridgehead atoms. The fourth-order valence-corrected chi connectivity index (χ4v) is 4.68. The van der Waals surface area contributed by atoms with Gasteiger partial charge in [-0.05, 0) is 44.5 Å². The SMILES string of the molecule is Cc1nc(-c2ccc(CCNC(=O)c3cnn(-c4ccccc4F)c3C)s2)cs1. The molecule has 1 N–H and O–H groups in total. The Hall–Kier alpha value is -2.84. The number of nitrogens with one attached hydrogen (secondary N) is 1. The van der Waals surface area contributed by atoms with Crippen molar-refractivity contribution in [1.29, 1.82) is 0 Å². The fraction of sp³-hybridized carbons (Fsp3) is 0.190. The van der Waals surface area contributed by atoms with Gasteiger partial charge in [0.15, 0.2) is 0 Å². The molecule has 0 saturated carbocycles. The Kier molecular flexibility index (Phi) is 5.55. The zero-order valence-corrected chi connectivity index (χ0v) is 17.6. The molecule has 0 aliphatic rings. The van der Waals surface area contributed by atoms with Gasteiger partial charge < -0.3 is 5.32 Å². The minimum Gasteiger partial charge on any atom is -0.352 e. The second-order valence-corrected chi connectivity index (χ2v) is 8.76. The van der Waals surface area contributed by atoms with Crippen LogP contribution in [0.2, 0.25) is 0 Å². The maximum atomic E-state index is 14.0. The molecule has 0 aliphatic carbocycles. The van der Waals surface area contributed by atoms with Gasteiger partial charge >= 0.3 is 0 Å². The number of nitrogens with zero attached hydrogens (tertiary/aromatic N) is 3. The molecule has 148 valence electrons. The van der Waals surface area contributed by atoms with Crippen molar-refractivity contribution in [1.82, 2.24) is 20.1 Å². The van der Waals surface area contributed by atoms with Crippen LogP contribution in [0.4, 0.5) is 4.39 Å². The average molecular weight is 427 g/mol. The van der Waals surface area contributed by atoms with Gasteiger partial charge in [-0.3, -0.25) is 4.79 Å². The van der Waals surface area contributed by atoms with E-state index in [2.05, 4.69) is 32.9 Å². The first-order chi connectivity index (χ1) is 14.0. The van der Waals surface area contributed by atoms with Crippen molar-refractivity contribution in [3.05, 3.63) is 74.9 Å². The van der Waals surface area contributed by atoms with E-state index in [9.17, 15) is 9.18 Å². The molecule has 29 heavy (non-hydrogen) atoms. The number of para-hydroxylation sites is 1. The quantitative estimate of drug-likeness (QED) is 0.482. The lowest BCUT2D eigenvalue weighted by Crippen LogP contribution is -2.26. The van der Waals surface area contributed by atoms with E-state index in [1.54, 1.807) is 47.8 Å². The number of rotatable bonds is 6. The van der Waals surface area contributed by atoms with Crippen LogP contribution in [0.5, 0.6) is 0 Å². The van der Waals surface area contributed by atoms with Gasteiger partial charge in [0.2, 0.25) is 0 Å². The molecular weight excluding hydrogens is 407 g/mol. The number of thiophene rings is 1. The van der Waals surface area contributed by atoms with Crippen molar-refractivity contribution in [3.63, 3.8) is 0 Å². The molecule has 3 aromatic heterocycles. The Morgan fingerprint density at radius 2 is 2.03 bits per heavy atom. The largest absolute Gasteiger partial charge is 0.352 e. The number of hydrogen-bond donors (Lipinski definition) is 1. The second kappa shape index (κ2) is 8.26. The molecule has 4 aromatic rings. The average Bonchev–Trinajstić information content (AvgIpc) is 3.42. The summed E-state index contributed by atoms with van der Waals surface area (Å²) >= 11 is 3.33. The number of carbonyl (C=O) groups is 1. The van der Waals surface area contributed by atoms with Crippen LogP contribution in [0.25, 0.3) is 16.3 Å². The summed E-state index contributed by atoms with van der Waals surface area (Å²) in [5.41, 5.74) is 2.37. The van der Waals surface area contributed by atoms with Gasteiger partial charge in [0.05, 0.1) is 33.0 Å². The Bertz CT molecular complexity index is 1160. The summed E-state index contributed by atoms with van der Waals surface area (Å²) in [6.07, 6.45) is 2.21. The predicted molar refractivity (Wildman–Crippen MR) is 114 cm³/mol. The first-order valence-corrected chi connectivity index (χ1v) is 10.8. The molecule has 4 rings (SSSR count). The third-order valence-corrected chi connectivity index (χ3v) is 6.47. The molecule has 0 spiro atoms. The molecule has 8 heteroatoms. The highest BCUT2D eigenvalue weighted by molar-refractivity contribution is 7.16. The van der Waals surface area contributed by atoms with Crippen molar-refractivity contribution in [2.45, 2.75) is 20.3 Å². The zero-order valence-electron chi connectivity index (χ0n) is 16.0.